The van der Waals surface area contributed by atoms with Crippen molar-refractivity contribution in [3.05, 3.63) is 30.1 Å². The van der Waals surface area contributed by atoms with Gasteiger partial charge in [-0.15, -0.1) is 0 Å². The monoisotopic (exact) mass is 315 g/mol. The molecule has 1 aromatic heterocycles. The highest BCUT2D eigenvalue weighted by Crippen LogP contribution is 2.37. The number of benzene rings is 1. The lowest BCUT2D eigenvalue weighted by Gasteiger charge is -2.44. The van der Waals surface area contributed by atoms with Crippen molar-refractivity contribution < 1.29 is 9.90 Å². The van der Waals surface area contributed by atoms with Crippen molar-refractivity contribution in [1.29, 1.82) is 0 Å². The Kier molecular flexibility index (Phi) is 4.15. The van der Waals surface area contributed by atoms with E-state index in [1.54, 1.807) is 6.33 Å². The van der Waals surface area contributed by atoms with Crippen molar-refractivity contribution in [2.24, 2.45) is 18.4 Å². The van der Waals surface area contributed by atoms with Crippen molar-refractivity contribution in [2.75, 3.05) is 19.7 Å². The fraction of sp³-hybridized carbons (Fsp3) is 0.556. The molecule has 1 amide bonds. The molecule has 1 atom stereocenters. The molecule has 1 aliphatic heterocycles. The Bertz CT molecular complexity index is 722. The van der Waals surface area contributed by atoms with E-state index in [9.17, 15) is 9.90 Å². The van der Waals surface area contributed by atoms with Gasteiger partial charge in [0.25, 0.3) is 5.91 Å². The van der Waals surface area contributed by atoms with Crippen LogP contribution in [-0.4, -0.2) is 45.2 Å². The number of carbonyl (C=O) groups is 1. The van der Waals surface area contributed by atoms with Crippen LogP contribution in [0.1, 0.15) is 37.0 Å². The first-order valence-electron chi connectivity index (χ1n) is 8.28. The molecule has 2 aromatic rings. The van der Waals surface area contributed by atoms with Gasteiger partial charge in [-0.3, -0.25) is 4.79 Å². The van der Waals surface area contributed by atoms with Gasteiger partial charge in [0.05, 0.1) is 24.0 Å². The van der Waals surface area contributed by atoms with Crippen molar-refractivity contribution in [3.63, 3.8) is 0 Å². The Morgan fingerprint density at radius 3 is 2.91 bits per heavy atom. The third kappa shape index (κ3) is 2.74. The molecule has 0 aliphatic carbocycles. The first-order valence-corrected chi connectivity index (χ1v) is 8.28. The molecule has 5 heteroatoms. The van der Waals surface area contributed by atoms with Crippen molar-refractivity contribution in [2.45, 2.75) is 26.7 Å². The van der Waals surface area contributed by atoms with E-state index in [0.29, 0.717) is 18.0 Å². The smallest absolute Gasteiger partial charge is 0.253 e. The van der Waals surface area contributed by atoms with Crippen molar-refractivity contribution in [3.8, 4) is 0 Å². The number of carbonyl (C=O) groups excluding carboxylic acids is 1. The minimum Gasteiger partial charge on any atom is -0.396 e. The number of rotatable bonds is 3. The zero-order chi connectivity index (χ0) is 16.6. The molecule has 1 unspecified atom stereocenters. The molecule has 0 spiro atoms. The second kappa shape index (κ2) is 5.96. The average molecular weight is 315 g/mol. The van der Waals surface area contributed by atoms with E-state index in [-0.39, 0.29) is 17.9 Å². The summed E-state index contributed by atoms with van der Waals surface area (Å²) < 4.78 is 1.94. The van der Waals surface area contributed by atoms with E-state index in [0.717, 1.165) is 30.4 Å². The van der Waals surface area contributed by atoms with Crippen molar-refractivity contribution in [1.82, 2.24) is 14.5 Å². The van der Waals surface area contributed by atoms with E-state index in [4.69, 9.17) is 0 Å². The van der Waals surface area contributed by atoms with Crippen LogP contribution in [0.2, 0.25) is 0 Å². The zero-order valence-electron chi connectivity index (χ0n) is 14.1. The Labute approximate surface area is 136 Å². The molecule has 1 aromatic carbocycles. The summed E-state index contributed by atoms with van der Waals surface area (Å²) in [5, 5.41) is 9.88. The van der Waals surface area contributed by atoms with Crippen LogP contribution < -0.4 is 0 Å². The molecule has 0 bridgehead atoms. The molecule has 1 saturated heterocycles. The normalized spacial score (nSPS) is 22.0. The molecule has 1 fully saturated rings. The van der Waals surface area contributed by atoms with Gasteiger partial charge in [0.15, 0.2) is 0 Å². The van der Waals surface area contributed by atoms with Crippen LogP contribution in [0, 0.1) is 11.3 Å². The first-order chi connectivity index (χ1) is 11.0. The number of aliphatic hydroxyl groups is 1. The summed E-state index contributed by atoms with van der Waals surface area (Å²) in [5.74, 6) is 0.386. The standard InChI is InChI=1S/C18H25N3O2/c1-13(2)18(11-22)7-4-8-21(10-18)17(23)14-5-6-16-15(9-14)19-12-20(16)3/h5-6,9,12-13,22H,4,7-8,10-11H2,1-3H3. The minimum absolute atomic E-state index is 0.0377. The molecule has 2 heterocycles. The van der Waals surface area contributed by atoms with Gasteiger partial charge >= 0.3 is 0 Å². The molecule has 1 aliphatic rings. The van der Waals surface area contributed by atoms with Gasteiger partial charge in [0, 0.05) is 31.1 Å². The molecular weight excluding hydrogens is 290 g/mol. The van der Waals surface area contributed by atoms with Gasteiger partial charge in [-0.2, -0.15) is 0 Å². The van der Waals surface area contributed by atoms with Crippen LogP contribution in [0.15, 0.2) is 24.5 Å². The van der Waals surface area contributed by atoms with E-state index in [1.165, 1.54) is 0 Å². The fourth-order valence-electron chi connectivity index (χ4n) is 3.57. The van der Waals surface area contributed by atoms with E-state index >= 15 is 0 Å². The maximum atomic E-state index is 12.9. The van der Waals surface area contributed by atoms with Crippen molar-refractivity contribution >= 4 is 16.9 Å². The summed E-state index contributed by atoms with van der Waals surface area (Å²) >= 11 is 0. The number of amides is 1. The maximum absolute atomic E-state index is 12.9. The summed E-state index contributed by atoms with van der Waals surface area (Å²) in [6, 6.07) is 5.68. The number of likely N-dealkylation sites (tertiary alicyclic amines) is 1. The third-order valence-corrected chi connectivity index (χ3v) is 5.41. The molecular formula is C18H25N3O2. The van der Waals surface area contributed by atoms with Crippen LogP contribution >= 0.6 is 0 Å². The summed E-state index contributed by atoms with van der Waals surface area (Å²) in [5.41, 5.74) is 2.36. The largest absolute Gasteiger partial charge is 0.396 e. The lowest BCUT2D eigenvalue weighted by atomic mass is 9.72. The number of aliphatic hydroxyl groups excluding tert-OH is 1. The number of aryl methyl sites for hydroxylation is 1. The number of imidazole rings is 1. The van der Waals surface area contributed by atoms with Crippen LogP contribution in [-0.2, 0) is 7.05 Å². The lowest BCUT2D eigenvalue weighted by molar-refractivity contribution is 0.000704. The number of hydrogen-bond donors (Lipinski definition) is 1. The van der Waals surface area contributed by atoms with Gasteiger partial charge in [0.1, 0.15) is 0 Å². The molecule has 0 saturated carbocycles. The predicted molar refractivity (Wildman–Crippen MR) is 90.2 cm³/mol. The predicted octanol–water partition coefficient (Wildman–Crippen LogP) is 2.44. The fourth-order valence-corrected chi connectivity index (χ4v) is 3.57. The van der Waals surface area contributed by atoms with Gasteiger partial charge in [-0.1, -0.05) is 13.8 Å². The maximum Gasteiger partial charge on any atom is 0.253 e. The third-order valence-electron chi connectivity index (χ3n) is 5.41. The van der Waals surface area contributed by atoms with Gasteiger partial charge in [0.2, 0.25) is 0 Å². The molecule has 1 N–H and O–H groups in total. The quantitative estimate of drug-likeness (QED) is 0.946. The highest BCUT2D eigenvalue weighted by Gasteiger charge is 2.39. The summed E-state index contributed by atoms with van der Waals surface area (Å²) in [6.07, 6.45) is 3.68. The second-order valence-electron chi connectivity index (χ2n) is 7.06. The van der Waals surface area contributed by atoms with Gasteiger partial charge in [-0.25, -0.2) is 4.98 Å². The second-order valence-corrected chi connectivity index (χ2v) is 7.06. The number of fused-ring (bicyclic) bond motifs is 1. The number of nitrogens with zero attached hydrogens (tertiary/aromatic N) is 3. The Balaban J connectivity index is 1.86. The van der Waals surface area contributed by atoms with E-state index < -0.39 is 0 Å². The molecule has 124 valence electrons. The summed E-state index contributed by atoms with van der Waals surface area (Å²) in [4.78, 5) is 19.1. The highest BCUT2D eigenvalue weighted by molar-refractivity contribution is 5.97. The molecule has 3 rings (SSSR count). The first kappa shape index (κ1) is 16.0. The number of aromatic nitrogens is 2. The van der Waals surface area contributed by atoms with E-state index in [2.05, 4.69) is 18.8 Å². The Hall–Kier alpha value is -1.88. The topological polar surface area (TPSA) is 58.4 Å². The van der Waals surface area contributed by atoms with Gasteiger partial charge in [-0.05, 0) is 37.0 Å². The van der Waals surface area contributed by atoms with Crippen LogP contribution in [0.25, 0.3) is 11.0 Å². The average Bonchev–Trinajstić information content (AvgIpc) is 2.94. The highest BCUT2D eigenvalue weighted by atomic mass is 16.3. The summed E-state index contributed by atoms with van der Waals surface area (Å²) in [6.45, 7) is 5.77. The Morgan fingerprint density at radius 1 is 1.43 bits per heavy atom. The molecule has 5 nitrogen and oxygen atoms in total. The van der Waals surface area contributed by atoms with Gasteiger partial charge < -0.3 is 14.6 Å². The SMILES string of the molecule is CC(C)C1(CO)CCCN(C(=O)c2ccc3c(c2)ncn3C)C1. The van der Waals surface area contributed by atoms with E-state index in [1.807, 2.05) is 34.7 Å². The molecule has 0 radical (unpaired) electrons. The summed E-state index contributed by atoms with van der Waals surface area (Å²) in [7, 11) is 1.94. The van der Waals surface area contributed by atoms with Crippen LogP contribution in [0.4, 0.5) is 0 Å². The zero-order valence-corrected chi connectivity index (χ0v) is 14.1. The number of piperidine rings is 1. The molecule has 23 heavy (non-hydrogen) atoms. The minimum atomic E-state index is -0.178. The number of hydrogen-bond acceptors (Lipinski definition) is 3. The van der Waals surface area contributed by atoms with Crippen LogP contribution in [0.5, 0.6) is 0 Å². The van der Waals surface area contributed by atoms with Crippen LogP contribution in [0.3, 0.4) is 0 Å². The lowest BCUT2D eigenvalue weighted by Crippen LogP contribution is -2.50. The Morgan fingerprint density at radius 2 is 2.22 bits per heavy atom.